The van der Waals surface area contributed by atoms with Crippen LogP contribution in [0, 0.1) is 0 Å². The van der Waals surface area contributed by atoms with Crippen LogP contribution in [-0.2, 0) is 0 Å². The van der Waals surface area contributed by atoms with Crippen LogP contribution in [0.15, 0.2) is 16.6 Å². The van der Waals surface area contributed by atoms with Crippen LogP contribution in [0.5, 0.6) is 11.5 Å². The number of hydrogen-bond acceptors (Lipinski definition) is 3. The number of ketones is 1. The molecule has 0 saturated carbocycles. The van der Waals surface area contributed by atoms with E-state index in [4.69, 9.17) is 9.16 Å². The van der Waals surface area contributed by atoms with E-state index < -0.39 is 8.32 Å². The number of benzene rings is 1. The predicted molar refractivity (Wildman–Crippen MR) is 88.5 cm³/mol. The minimum Gasteiger partial charge on any atom is -0.541 e. The van der Waals surface area contributed by atoms with Gasteiger partial charge in [0, 0.05) is 4.47 Å². The molecule has 0 unspecified atom stereocenters. The number of hydrogen-bond donors (Lipinski definition) is 0. The van der Waals surface area contributed by atoms with E-state index in [9.17, 15) is 4.79 Å². The maximum atomic E-state index is 11.9. The van der Waals surface area contributed by atoms with Gasteiger partial charge in [-0.15, -0.1) is 0 Å². The second-order valence-corrected chi connectivity index (χ2v) is 12.0. The van der Waals surface area contributed by atoms with Crippen molar-refractivity contribution in [3.8, 4) is 11.5 Å². The molecule has 1 aromatic carbocycles. The summed E-state index contributed by atoms with van der Waals surface area (Å²) in [6.45, 7) is 12.3. The van der Waals surface area contributed by atoms with Crippen LogP contribution in [0.2, 0.25) is 18.1 Å². The first-order valence-corrected chi connectivity index (χ1v) is 10.3. The van der Waals surface area contributed by atoms with E-state index in [0.717, 1.165) is 4.47 Å². The largest absolute Gasteiger partial charge is 0.541 e. The Labute approximate surface area is 130 Å². The molecule has 0 aliphatic heterocycles. The van der Waals surface area contributed by atoms with Gasteiger partial charge in [-0.2, -0.15) is 0 Å². The molecule has 0 heterocycles. The van der Waals surface area contributed by atoms with Gasteiger partial charge in [-0.1, -0.05) is 36.7 Å². The fraction of sp³-hybridized carbons (Fsp3) is 0.533. The molecule has 1 aromatic rings. The lowest BCUT2D eigenvalue weighted by Gasteiger charge is -2.37. The molecule has 0 amide bonds. The molecule has 5 heteroatoms. The number of carbonyl (C=O) groups excluding carboxylic acids is 1. The summed E-state index contributed by atoms with van der Waals surface area (Å²) in [5, 5.41) is 0.0547. The molecule has 0 aromatic heterocycles. The molecule has 1 rings (SSSR count). The Morgan fingerprint density at radius 1 is 1.25 bits per heavy atom. The van der Waals surface area contributed by atoms with Crippen molar-refractivity contribution in [3.63, 3.8) is 0 Å². The van der Waals surface area contributed by atoms with E-state index in [0.29, 0.717) is 17.1 Å². The van der Waals surface area contributed by atoms with Crippen LogP contribution in [0.4, 0.5) is 0 Å². The minimum absolute atomic E-state index is 0.0293. The third-order valence-corrected chi connectivity index (χ3v) is 8.57. The molecule has 112 valence electrons. The second-order valence-electron chi connectivity index (χ2n) is 6.40. The van der Waals surface area contributed by atoms with E-state index in [2.05, 4.69) is 49.8 Å². The fourth-order valence-corrected chi connectivity index (χ4v) is 2.96. The highest BCUT2D eigenvalue weighted by Gasteiger charge is 2.40. The number of carbonyl (C=O) groups is 1. The summed E-state index contributed by atoms with van der Waals surface area (Å²) in [4.78, 5) is 11.9. The Bertz CT molecular complexity index is 519. The van der Waals surface area contributed by atoms with Crippen molar-refractivity contribution in [1.29, 1.82) is 0 Å². The molecular weight excluding hydrogens is 336 g/mol. The summed E-state index contributed by atoms with van der Waals surface area (Å²) in [5.41, 5.74) is 0.557. The third kappa shape index (κ3) is 3.64. The van der Waals surface area contributed by atoms with Gasteiger partial charge in [-0.3, -0.25) is 4.79 Å². The van der Waals surface area contributed by atoms with Crippen molar-refractivity contribution in [2.45, 2.75) is 45.8 Å². The fourth-order valence-electron chi connectivity index (χ4n) is 1.50. The van der Waals surface area contributed by atoms with E-state index >= 15 is 0 Å². The normalized spacial score (nSPS) is 12.2. The number of ether oxygens (including phenoxy) is 1. The zero-order chi connectivity index (χ0) is 15.7. The van der Waals surface area contributed by atoms with Crippen LogP contribution in [0.3, 0.4) is 0 Å². The van der Waals surface area contributed by atoms with Gasteiger partial charge in [0.25, 0.3) is 8.32 Å². The molecule has 3 nitrogen and oxygen atoms in total. The van der Waals surface area contributed by atoms with Crippen LogP contribution in [-0.4, -0.2) is 21.2 Å². The van der Waals surface area contributed by atoms with Crippen LogP contribution < -0.4 is 9.16 Å². The lowest BCUT2D eigenvalue weighted by molar-refractivity contribution is 0.101. The second kappa shape index (κ2) is 5.90. The molecule has 0 saturated heterocycles. The molecule has 0 atom stereocenters. The van der Waals surface area contributed by atoms with Gasteiger partial charge in [0.2, 0.25) is 0 Å². The highest BCUT2D eigenvalue weighted by molar-refractivity contribution is 9.10. The molecule has 0 bridgehead atoms. The van der Waals surface area contributed by atoms with E-state index in [1.165, 1.54) is 0 Å². The first-order valence-electron chi connectivity index (χ1n) is 6.57. The van der Waals surface area contributed by atoms with E-state index in [-0.39, 0.29) is 10.8 Å². The predicted octanol–water partition coefficient (Wildman–Crippen LogP) is 5.04. The lowest BCUT2D eigenvalue weighted by Crippen LogP contribution is -2.44. The topological polar surface area (TPSA) is 35.5 Å². The Morgan fingerprint density at radius 2 is 1.80 bits per heavy atom. The summed E-state index contributed by atoms with van der Waals surface area (Å²) in [5.74, 6) is 1.13. The number of methoxy groups -OCH3 is 1. The maximum absolute atomic E-state index is 11.9. The molecule has 0 spiro atoms. The molecule has 0 N–H and O–H groups in total. The van der Waals surface area contributed by atoms with Crippen molar-refractivity contribution < 1.29 is 14.0 Å². The van der Waals surface area contributed by atoms with E-state index in [1.54, 1.807) is 20.1 Å². The van der Waals surface area contributed by atoms with Gasteiger partial charge in [-0.05, 0) is 37.2 Å². The molecule has 0 radical (unpaired) electrons. The molecule has 0 fully saturated rings. The van der Waals surface area contributed by atoms with Crippen molar-refractivity contribution >= 4 is 30.0 Å². The Hall–Kier alpha value is -0.813. The average Bonchev–Trinajstić information content (AvgIpc) is 2.28. The van der Waals surface area contributed by atoms with Crippen molar-refractivity contribution in [2.75, 3.05) is 7.11 Å². The monoisotopic (exact) mass is 358 g/mol. The summed E-state index contributed by atoms with van der Waals surface area (Å²) in [7, 11) is -0.448. The quantitative estimate of drug-likeness (QED) is 0.558. The minimum atomic E-state index is -2.04. The van der Waals surface area contributed by atoms with Crippen molar-refractivity contribution in [1.82, 2.24) is 0 Å². The average molecular weight is 359 g/mol. The molecule has 0 aliphatic rings. The van der Waals surface area contributed by atoms with E-state index in [1.807, 2.05) is 6.07 Å². The number of rotatable bonds is 4. The zero-order valence-electron chi connectivity index (χ0n) is 13.3. The van der Waals surface area contributed by atoms with Crippen LogP contribution >= 0.6 is 15.9 Å². The first-order chi connectivity index (χ1) is 8.99. The van der Waals surface area contributed by atoms with Crippen LogP contribution in [0.1, 0.15) is 38.1 Å². The standard InChI is InChI=1S/C15H23BrO3Si/c1-10(17)12-8-11(16)9-13(18-5)14(12)19-20(6,7)15(2,3)4/h8-9H,1-7H3. The Kier molecular flexibility index (Phi) is 5.08. The van der Waals surface area contributed by atoms with Gasteiger partial charge < -0.3 is 9.16 Å². The zero-order valence-corrected chi connectivity index (χ0v) is 15.8. The number of halogens is 1. The highest BCUT2D eigenvalue weighted by atomic mass is 79.9. The summed E-state index contributed by atoms with van der Waals surface area (Å²) in [6.07, 6.45) is 0. The SMILES string of the molecule is COc1cc(Br)cc(C(C)=O)c1O[Si](C)(C)C(C)(C)C. The highest BCUT2D eigenvalue weighted by Crippen LogP contribution is 2.42. The summed E-state index contributed by atoms with van der Waals surface area (Å²) >= 11 is 3.40. The van der Waals surface area contributed by atoms with Crippen molar-refractivity contribution in [3.05, 3.63) is 22.2 Å². The van der Waals surface area contributed by atoms with Gasteiger partial charge in [-0.25, -0.2) is 0 Å². The van der Waals surface area contributed by atoms with Gasteiger partial charge in [0.05, 0.1) is 12.7 Å². The van der Waals surface area contributed by atoms with Gasteiger partial charge in [0.1, 0.15) is 0 Å². The summed E-state index contributed by atoms with van der Waals surface area (Å²) < 4.78 is 12.5. The molecule has 20 heavy (non-hydrogen) atoms. The molecule has 0 aliphatic carbocycles. The van der Waals surface area contributed by atoms with Crippen molar-refractivity contribution in [2.24, 2.45) is 0 Å². The maximum Gasteiger partial charge on any atom is 0.250 e. The molecular formula is C15H23BrO3Si. The Balaban J connectivity index is 3.40. The Morgan fingerprint density at radius 3 is 2.20 bits per heavy atom. The lowest BCUT2D eigenvalue weighted by atomic mass is 10.1. The number of Topliss-reactive ketones (excluding diaryl/α,β-unsaturated/α-hetero) is 1. The van der Waals surface area contributed by atoms with Gasteiger partial charge >= 0.3 is 0 Å². The smallest absolute Gasteiger partial charge is 0.250 e. The summed E-state index contributed by atoms with van der Waals surface area (Å²) in [6, 6.07) is 3.61. The third-order valence-electron chi connectivity index (χ3n) is 3.78. The van der Waals surface area contributed by atoms with Gasteiger partial charge in [0.15, 0.2) is 17.3 Å². The van der Waals surface area contributed by atoms with Crippen LogP contribution in [0.25, 0.3) is 0 Å². The first kappa shape index (κ1) is 17.2.